The van der Waals surface area contributed by atoms with E-state index in [9.17, 15) is 4.79 Å². The zero-order valence-electron chi connectivity index (χ0n) is 13.2. The number of amides is 1. The van der Waals surface area contributed by atoms with Crippen LogP contribution in [0.1, 0.15) is 30.8 Å². The largest absolute Gasteiger partial charge is 0.461 e. The third-order valence-corrected chi connectivity index (χ3v) is 4.95. The molecule has 1 aliphatic carbocycles. The number of carbonyl (C=O) groups is 1. The lowest BCUT2D eigenvalue weighted by atomic mass is 10.3. The van der Waals surface area contributed by atoms with Crippen molar-refractivity contribution in [2.75, 3.05) is 12.3 Å². The maximum absolute atomic E-state index is 11.8. The standard InChI is InChI=1S/C19H21NO2S/c1-14-13-17(14)18-9-7-15(22-18)8-10-19(21)20-11-12-23-16-5-3-2-4-6-16/h2-10,14,17H,11-13H2,1H3,(H,20,21)/b10-8+. The summed E-state index contributed by atoms with van der Waals surface area (Å²) in [6.07, 6.45) is 4.47. The first-order valence-electron chi connectivity index (χ1n) is 7.96. The van der Waals surface area contributed by atoms with E-state index in [2.05, 4.69) is 24.4 Å². The Kier molecular flexibility index (Phi) is 5.23. The van der Waals surface area contributed by atoms with E-state index in [1.54, 1.807) is 17.8 Å². The van der Waals surface area contributed by atoms with E-state index in [1.807, 2.05) is 30.3 Å². The lowest BCUT2D eigenvalue weighted by Crippen LogP contribution is -2.23. The molecule has 1 saturated carbocycles. The maximum atomic E-state index is 11.8. The van der Waals surface area contributed by atoms with Gasteiger partial charge in [0.1, 0.15) is 11.5 Å². The number of hydrogen-bond acceptors (Lipinski definition) is 3. The van der Waals surface area contributed by atoms with Crippen molar-refractivity contribution in [1.82, 2.24) is 5.32 Å². The highest BCUT2D eigenvalue weighted by atomic mass is 32.2. The summed E-state index contributed by atoms with van der Waals surface area (Å²) in [4.78, 5) is 13.0. The molecule has 2 unspecified atom stereocenters. The zero-order valence-corrected chi connectivity index (χ0v) is 14.0. The molecule has 1 heterocycles. The van der Waals surface area contributed by atoms with Crippen LogP contribution in [0.2, 0.25) is 0 Å². The van der Waals surface area contributed by atoms with Crippen LogP contribution >= 0.6 is 11.8 Å². The van der Waals surface area contributed by atoms with Gasteiger partial charge in [-0.25, -0.2) is 0 Å². The van der Waals surface area contributed by atoms with Crippen LogP contribution in [-0.4, -0.2) is 18.2 Å². The first kappa shape index (κ1) is 15.9. The van der Waals surface area contributed by atoms with Gasteiger partial charge in [-0.15, -0.1) is 11.8 Å². The molecular formula is C19H21NO2S. The predicted octanol–water partition coefficient (Wildman–Crippen LogP) is 4.32. The Morgan fingerprint density at radius 2 is 2.09 bits per heavy atom. The van der Waals surface area contributed by atoms with E-state index < -0.39 is 0 Å². The van der Waals surface area contributed by atoms with Crippen molar-refractivity contribution < 1.29 is 9.21 Å². The van der Waals surface area contributed by atoms with Crippen molar-refractivity contribution in [3.05, 3.63) is 60.1 Å². The number of rotatable bonds is 7. The van der Waals surface area contributed by atoms with E-state index >= 15 is 0 Å². The molecule has 0 radical (unpaired) electrons. The fourth-order valence-corrected chi connectivity index (χ4v) is 3.24. The van der Waals surface area contributed by atoms with Gasteiger partial charge in [0.05, 0.1) is 0 Å². The van der Waals surface area contributed by atoms with Crippen LogP contribution in [0.5, 0.6) is 0 Å². The van der Waals surface area contributed by atoms with Gasteiger partial charge in [0.25, 0.3) is 0 Å². The molecule has 4 heteroatoms. The zero-order chi connectivity index (χ0) is 16.1. The van der Waals surface area contributed by atoms with Gasteiger partial charge in [0, 0.05) is 29.2 Å². The molecule has 1 amide bonds. The Bertz CT molecular complexity index is 678. The van der Waals surface area contributed by atoms with Gasteiger partial charge >= 0.3 is 0 Å². The van der Waals surface area contributed by atoms with Crippen molar-refractivity contribution in [2.24, 2.45) is 5.92 Å². The molecule has 1 N–H and O–H groups in total. The Labute approximate surface area is 141 Å². The molecule has 2 aromatic rings. The Morgan fingerprint density at radius 1 is 1.30 bits per heavy atom. The molecule has 1 fully saturated rings. The van der Waals surface area contributed by atoms with Gasteiger partial charge in [-0.2, -0.15) is 0 Å². The molecule has 1 aromatic carbocycles. The van der Waals surface area contributed by atoms with Gasteiger partial charge < -0.3 is 9.73 Å². The highest BCUT2D eigenvalue weighted by molar-refractivity contribution is 7.99. The van der Waals surface area contributed by atoms with Gasteiger partial charge in [0.2, 0.25) is 5.91 Å². The van der Waals surface area contributed by atoms with Crippen LogP contribution in [0.4, 0.5) is 0 Å². The minimum absolute atomic E-state index is 0.0867. The molecule has 2 atom stereocenters. The van der Waals surface area contributed by atoms with E-state index in [1.165, 1.54) is 17.4 Å². The lowest BCUT2D eigenvalue weighted by Gasteiger charge is -2.02. The Hall–Kier alpha value is -1.94. The van der Waals surface area contributed by atoms with Crippen LogP contribution < -0.4 is 5.32 Å². The minimum atomic E-state index is -0.0867. The fourth-order valence-electron chi connectivity index (χ4n) is 2.45. The van der Waals surface area contributed by atoms with Crippen molar-refractivity contribution in [2.45, 2.75) is 24.2 Å². The predicted molar refractivity (Wildman–Crippen MR) is 94.4 cm³/mol. The van der Waals surface area contributed by atoms with E-state index in [4.69, 9.17) is 4.42 Å². The monoisotopic (exact) mass is 327 g/mol. The van der Waals surface area contributed by atoms with Crippen molar-refractivity contribution in [3.8, 4) is 0 Å². The SMILES string of the molecule is CC1CC1c1ccc(/C=C/C(=O)NCCSc2ccccc2)o1. The summed E-state index contributed by atoms with van der Waals surface area (Å²) >= 11 is 1.73. The summed E-state index contributed by atoms with van der Waals surface area (Å²) in [6, 6.07) is 14.1. The summed E-state index contributed by atoms with van der Waals surface area (Å²) < 4.78 is 5.74. The molecular weight excluding hydrogens is 306 g/mol. The second-order valence-electron chi connectivity index (χ2n) is 5.85. The highest BCUT2D eigenvalue weighted by Crippen LogP contribution is 2.47. The van der Waals surface area contributed by atoms with E-state index in [-0.39, 0.29) is 5.91 Å². The first-order chi connectivity index (χ1) is 11.2. The molecule has 0 saturated heterocycles. The smallest absolute Gasteiger partial charge is 0.244 e. The molecule has 3 rings (SSSR count). The summed E-state index contributed by atoms with van der Waals surface area (Å²) in [5.41, 5.74) is 0. The average Bonchev–Trinajstić information content (AvgIpc) is 3.11. The van der Waals surface area contributed by atoms with Crippen LogP contribution in [-0.2, 0) is 4.79 Å². The number of nitrogens with one attached hydrogen (secondary N) is 1. The third-order valence-electron chi connectivity index (χ3n) is 3.93. The topological polar surface area (TPSA) is 42.2 Å². The number of hydrogen-bond donors (Lipinski definition) is 1. The number of benzene rings is 1. The van der Waals surface area contributed by atoms with E-state index in [0.717, 1.165) is 23.2 Å². The van der Waals surface area contributed by atoms with Gasteiger partial charge in [-0.3, -0.25) is 4.79 Å². The second kappa shape index (κ2) is 7.55. The molecule has 0 spiro atoms. The highest BCUT2D eigenvalue weighted by Gasteiger charge is 2.36. The van der Waals surface area contributed by atoms with Crippen molar-refractivity contribution in [3.63, 3.8) is 0 Å². The van der Waals surface area contributed by atoms with Crippen molar-refractivity contribution in [1.29, 1.82) is 0 Å². The number of furan rings is 1. The number of thioether (sulfide) groups is 1. The van der Waals surface area contributed by atoms with Gasteiger partial charge in [0.15, 0.2) is 0 Å². The van der Waals surface area contributed by atoms with Crippen LogP contribution in [0.3, 0.4) is 0 Å². The number of carbonyl (C=O) groups excluding carboxylic acids is 1. The molecule has 0 aliphatic heterocycles. The molecule has 0 bridgehead atoms. The molecule has 1 aromatic heterocycles. The molecule has 23 heavy (non-hydrogen) atoms. The summed E-state index contributed by atoms with van der Waals surface area (Å²) in [6.45, 7) is 2.87. The molecule has 120 valence electrons. The lowest BCUT2D eigenvalue weighted by molar-refractivity contribution is -0.116. The fraction of sp³-hybridized carbons (Fsp3) is 0.316. The molecule has 1 aliphatic rings. The van der Waals surface area contributed by atoms with E-state index in [0.29, 0.717) is 12.5 Å². The second-order valence-corrected chi connectivity index (χ2v) is 7.01. The normalized spacial score (nSPS) is 19.9. The van der Waals surface area contributed by atoms with Gasteiger partial charge in [-0.05, 0) is 42.7 Å². The van der Waals surface area contributed by atoms with Gasteiger partial charge in [-0.1, -0.05) is 25.1 Å². The van der Waals surface area contributed by atoms with Crippen molar-refractivity contribution >= 4 is 23.7 Å². The first-order valence-corrected chi connectivity index (χ1v) is 8.94. The van der Waals surface area contributed by atoms with Crippen LogP contribution in [0.25, 0.3) is 6.08 Å². The molecule has 3 nitrogen and oxygen atoms in total. The maximum Gasteiger partial charge on any atom is 0.244 e. The summed E-state index contributed by atoms with van der Waals surface area (Å²) in [5, 5.41) is 2.88. The van der Waals surface area contributed by atoms with Crippen LogP contribution in [0.15, 0.2) is 57.9 Å². The average molecular weight is 327 g/mol. The Balaban J connectivity index is 1.38. The Morgan fingerprint density at radius 3 is 2.83 bits per heavy atom. The summed E-state index contributed by atoms with van der Waals surface area (Å²) in [7, 11) is 0. The quantitative estimate of drug-likeness (QED) is 0.468. The summed E-state index contributed by atoms with van der Waals surface area (Å²) in [5.74, 6) is 3.85. The van der Waals surface area contributed by atoms with Crippen LogP contribution in [0, 0.1) is 5.92 Å². The minimum Gasteiger partial charge on any atom is -0.461 e. The third kappa shape index (κ3) is 4.76.